The summed E-state index contributed by atoms with van der Waals surface area (Å²) in [5.74, 6) is 0. The van der Waals surface area contributed by atoms with E-state index in [4.69, 9.17) is 11.6 Å². The molecule has 0 aliphatic carbocycles. The zero-order chi connectivity index (χ0) is 19.8. The highest BCUT2D eigenvalue weighted by Crippen LogP contribution is 2.24. The van der Waals surface area contributed by atoms with Gasteiger partial charge in [-0.25, -0.2) is 14.3 Å². The maximum atomic E-state index is 13.1. The summed E-state index contributed by atoms with van der Waals surface area (Å²) in [6, 6.07) is 16.8. The Morgan fingerprint density at radius 1 is 1.04 bits per heavy atom. The highest BCUT2D eigenvalue weighted by Gasteiger charge is 2.22. The Morgan fingerprint density at radius 3 is 2.39 bits per heavy atom. The van der Waals surface area contributed by atoms with E-state index < -0.39 is 5.69 Å². The van der Waals surface area contributed by atoms with Crippen LogP contribution in [-0.4, -0.2) is 18.7 Å². The van der Waals surface area contributed by atoms with Gasteiger partial charge in [0.15, 0.2) is 11.2 Å². The standard InChI is InChI=1S/C21H19ClN4O2/c1-3-24-20(27)18-19(26(21(24)28)17-12-8-7-11-16(17)22)23-13-25(18)14(2)15-9-5-4-6-10-15/h4-14H,3H2,1-2H3. The third-order valence-electron chi connectivity index (χ3n) is 4.96. The molecule has 0 spiro atoms. The van der Waals surface area contributed by atoms with Crippen molar-refractivity contribution in [2.45, 2.75) is 26.4 Å². The fraction of sp³-hybridized carbons (Fsp3) is 0.190. The minimum Gasteiger partial charge on any atom is -0.317 e. The van der Waals surface area contributed by atoms with Crippen molar-refractivity contribution in [2.24, 2.45) is 0 Å². The highest BCUT2D eigenvalue weighted by atomic mass is 35.5. The molecule has 0 aliphatic rings. The first-order chi connectivity index (χ1) is 13.5. The topological polar surface area (TPSA) is 61.8 Å². The third-order valence-corrected chi connectivity index (χ3v) is 5.28. The first kappa shape index (κ1) is 18.3. The van der Waals surface area contributed by atoms with Crippen LogP contribution in [0.25, 0.3) is 16.9 Å². The largest absolute Gasteiger partial charge is 0.337 e. The van der Waals surface area contributed by atoms with E-state index in [1.807, 2.05) is 41.8 Å². The Labute approximate surface area is 166 Å². The lowest BCUT2D eigenvalue weighted by atomic mass is 10.1. The maximum absolute atomic E-state index is 13.1. The molecule has 4 aromatic rings. The van der Waals surface area contributed by atoms with E-state index in [-0.39, 0.29) is 18.1 Å². The number of nitrogens with zero attached hydrogens (tertiary/aromatic N) is 4. The van der Waals surface area contributed by atoms with Crippen LogP contribution < -0.4 is 11.2 Å². The second-order valence-electron chi connectivity index (χ2n) is 6.53. The second-order valence-corrected chi connectivity index (χ2v) is 6.94. The normalized spacial score (nSPS) is 12.4. The van der Waals surface area contributed by atoms with Gasteiger partial charge in [-0.1, -0.05) is 54.1 Å². The summed E-state index contributed by atoms with van der Waals surface area (Å²) < 4.78 is 4.43. The highest BCUT2D eigenvalue weighted by molar-refractivity contribution is 6.32. The van der Waals surface area contributed by atoms with Gasteiger partial charge in [0.25, 0.3) is 5.56 Å². The molecule has 6 nitrogen and oxygen atoms in total. The van der Waals surface area contributed by atoms with Crippen molar-refractivity contribution < 1.29 is 0 Å². The molecule has 0 amide bonds. The lowest BCUT2D eigenvalue weighted by Gasteiger charge is -2.16. The van der Waals surface area contributed by atoms with Crippen molar-refractivity contribution in [2.75, 3.05) is 0 Å². The van der Waals surface area contributed by atoms with Gasteiger partial charge in [-0.3, -0.25) is 9.36 Å². The number of hydrogen-bond donors (Lipinski definition) is 0. The number of hydrogen-bond acceptors (Lipinski definition) is 3. The molecule has 28 heavy (non-hydrogen) atoms. The zero-order valence-corrected chi connectivity index (χ0v) is 16.3. The number of rotatable bonds is 4. The summed E-state index contributed by atoms with van der Waals surface area (Å²) in [6.45, 7) is 4.02. The summed E-state index contributed by atoms with van der Waals surface area (Å²) in [4.78, 5) is 30.6. The molecule has 1 atom stereocenters. The Morgan fingerprint density at radius 2 is 1.71 bits per heavy atom. The monoisotopic (exact) mass is 394 g/mol. The summed E-state index contributed by atoms with van der Waals surface area (Å²) in [5.41, 5.74) is 1.41. The smallest absolute Gasteiger partial charge is 0.317 e. The van der Waals surface area contributed by atoms with E-state index in [0.717, 1.165) is 5.56 Å². The van der Waals surface area contributed by atoms with E-state index in [1.165, 1.54) is 9.13 Å². The summed E-state index contributed by atoms with van der Waals surface area (Å²) in [7, 11) is 0. The average Bonchev–Trinajstić information content (AvgIpc) is 3.15. The molecule has 2 heterocycles. The van der Waals surface area contributed by atoms with Crippen LogP contribution in [0.3, 0.4) is 0 Å². The van der Waals surface area contributed by atoms with Crippen molar-refractivity contribution in [1.29, 1.82) is 0 Å². The van der Waals surface area contributed by atoms with Gasteiger partial charge in [-0.2, -0.15) is 0 Å². The van der Waals surface area contributed by atoms with Crippen LogP contribution >= 0.6 is 11.6 Å². The van der Waals surface area contributed by atoms with Crippen molar-refractivity contribution >= 4 is 22.8 Å². The number of fused-ring (bicyclic) bond motifs is 1. The minimum atomic E-state index is -0.453. The van der Waals surface area contributed by atoms with Gasteiger partial charge in [0.1, 0.15) is 0 Å². The SMILES string of the molecule is CCn1c(=O)c2c(ncn2C(C)c2ccccc2)n(-c2ccccc2Cl)c1=O. The average molecular weight is 395 g/mol. The van der Waals surface area contributed by atoms with Crippen molar-refractivity contribution in [3.05, 3.63) is 92.3 Å². The summed E-state index contributed by atoms with van der Waals surface area (Å²) in [5, 5.41) is 0.415. The molecular weight excluding hydrogens is 376 g/mol. The molecule has 1 unspecified atom stereocenters. The van der Waals surface area contributed by atoms with Gasteiger partial charge in [-0.05, 0) is 31.5 Å². The van der Waals surface area contributed by atoms with Crippen LogP contribution in [0.2, 0.25) is 5.02 Å². The number of para-hydroxylation sites is 1. The molecule has 0 bridgehead atoms. The van der Waals surface area contributed by atoms with Crippen LogP contribution in [0, 0.1) is 0 Å². The molecule has 142 valence electrons. The van der Waals surface area contributed by atoms with Crippen LogP contribution in [0.5, 0.6) is 0 Å². The number of imidazole rings is 1. The Bertz CT molecular complexity index is 1270. The Kier molecular flexibility index (Phi) is 4.65. The molecule has 2 aromatic carbocycles. The van der Waals surface area contributed by atoms with Gasteiger partial charge in [0.05, 0.1) is 23.1 Å². The molecule has 0 saturated carbocycles. The van der Waals surface area contributed by atoms with Gasteiger partial charge in [0, 0.05) is 6.54 Å². The predicted molar refractivity (Wildman–Crippen MR) is 111 cm³/mol. The van der Waals surface area contributed by atoms with Gasteiger partial charge in [0.2, 0.25) is 0 Å². The second kappa shape index (κ2) is 7.13. The molecule has 0 fully saturated rings. The van der Waals surface area contributed by atoms with Crippen molar-refractivity contribution in [1.82, 2.24) is 18.7 Å². The van der Waals surface area contributed by atoms with Crippen LogP contribution in [-0.2, 0) is 6.54 Å². The van der Waals surface area contributed by atoms with E-state index in [0.29, 0.717) is 21.9 Å². The zero-order valence-electron chi connectivity index (χ0n) is 15.5. The van der Waals surface area contributed by atoms with E-state index in [2.05, 4.69) is 4.98 Å². The lowest BCUT2D eigenvalue weighted by Crippen LogP contribution is -2.39. The molecule has 2 aromatic heterocycles. The fourth-order valence-corrected chi connectivity index (χ4v) is 3.68. The molecule has 0 radical (unpaired) electrons. The third kappa shape index (κ3) is 2.77. The first-order valence-electron chi connectivity index (χ1n) is 9.06. The molecular formula is C21H19ClN4O2. The molecule has 0 saturated heterocycles. The lowest BCUT2D eigenvalue weighted by molar-refractivity contribution is 0.631. The number of aromatic nitrogens is 4. The quantitative estimate of drug-likeness (QED) is 0.531. The van der Waals surface area contributed by atoms with Crippen molar-refractivity contribution in [3.63, 3.8) is 0 Å². The summed E-state index contributed by atoms with van der Waals surface area (Å²) in [6.07, 6.45) is 1.61. The summed E-state index contributed by atoms with van der Waals surface area (Å²) >= 11 is 6.35. The number of halogens is 1. The Balaban J connectivity index is 2.08. The maximum Gasteiger partial charge on any atom is 0.337 e. The number of benzene rings is 2. The fourth-order valence-electron chi connectivity index (χ4n) is 3.46. The van der Waals surface area contributed by atoms with Crippen LogP contribution in [0.1, 0.15) is 25.5 Å². The van der Waals surface area contributed by atoms with Crippen LogP contribution in [0.15, 0.2) is 70.5 Å². The Hall–Kier alpha value is -3.12. The van der Waals surface area contributed by atoms with Gasteiger partial charge < -0.3 is 4.57 Å². The first-order valence-corrected chi connectivity index (χ1v) is 9.44. The van der Waals surface area contributed by atoms with Crippen molar-refractivity contribution in [3.8, 4) is 5.69 Å². The van der Waals surface area contributed by atoms with Gasteiger partial charge >= 0.3 is 5.69 Å². The molecule has 4 rings (SSSR count). The van der Waals surface area contributed by atoms with E-state index in [9.17, 15) is 9.59 Å². The molecule has 0 N–H and O–H groups in total. The predicted octanol–water partition coefficient (Wildman–Crippen LogP) is 3.63. The van der Waals surface area contributed by atoms with E-state index >= 15 is 0 Å². The molecule has 0 aliphatic heterocycles. The molecule has 7 heteroatoms. The minimum absolute atomic E-state index is 0.124. The van der Waals surface area contributed by atoms with Gasteiger partial charge in [-0.15, -0.1) is 0 Å². The van der Waals surface area contributed by atoms with Crippen LogP contribution in [0.4, 0.5) is 0 Å². The van der Waals surface area contributed by atoms with E-state index in [1.54, 1.807) is 37.5 Å².